The Labute approximate surface area is 203 Å². The summed E-state index contributed by atoms with van der Waals surface area (Å²) in [5, 5.41) is 8.95. The summed E-state index contributed by atoms with van der Waals surface area (Å²) in [6.07, 6.45) is 4.08. The normalized spacial score (nSPS) is 12.8. The molecule has 0 radical (unpaired) electrons. The highest BCUT2D eigenvalue weighted by Crippen LogP contribution is 2.18. The number of carbonyl (C=O) groups is 2. The Morgan fingerprint density at radius 3 is 2.32 bits per heavy atom. The van der Waals surface area contributed by atoms with E-state index < -0.39 is 5.91 Å². The number of primary amides is 1. The Kier molecular flexibility index (Phi) is 12.9. The first-order valence-corrected chi connectivity index (χ1v) is 11.2. The second-order valence-electron chi connectivity index (χ2n) is 7.48. The molecule has 0 aliphatic carbocycles. The van der Waals surface area contributed by atoms with Gasteiger partial charge in [0.1, 0.15) is 12.4 Å². The lowest BCUT2D eigenvalue weighted by molar-refractivity contribution is -0.117. The van der Waals surface area contributed by atoms with Crippen molar-refractivity contribution in [3.63, 3.8) is 0 Å². The van der Waals surface area contributed by atoms with Gasteiger partial charge in [-0.3, -0.25) is 9.59 Å². The first-order valence-electron chi connectivity index (χ1n) is 11.2. The number of hydrogen-bond donors (Lipinski definition) is 4. The van der Waals surface area contributed by atoms with Gasteiger partial charge in [0, 0.05) is 37.7 Å². The van der Waals surface area contributed by atoms with Crippen LogP contribution in [0, 0.1) is 0 Å². The lowest BCUT2D eigenvalue weighted by atomic mass is 10.0. The molecule has 8 heteroatoms. The molecule has 0 spiro atoms. The highest BCUT2D eigenvalue weighted by atomic mass is 16.5. The van der Waals surface area contributed by atoms with Gasteiger partial charge in [-0.25, -0.2) is 0 Å². The van der Waals surface area contributed by atoms with Crippen LogP contribution in [0.1, 0.15) is 26.3 Å². The summed E-state index contributed by atoms with van der Waals surface area (Å²) >= 11 is 0. The number of allylic oxidation sites excluding steroid dienone is 3. The van der Waals surface area contributed by atoms with E-state index in [0.717, 1.165) is 22.6 Å². The molecule has 1 aromatic rings. The van der Waals surface area contributed by atoms with Gasteiger partial charge in [0.25, 0.3) is 5.91 Å². The third kappa shape index (κ3) is 9.15. The van der Waals surface area contributed by atoms with Gasteiger partial charge in [-0.1, -0.05) is 24.8 Å². The van der Waals surface area contributed by atoms with E-state index in [9.17, 15) is 9.59 Å². The number of benzene rings is 1. The van der Waals surface area contributed by atoms with Gasteiger partial charge in [0.05, 0.1) is 18.7 Å². The molecule has 0 saturated heterocycles. The second kappa shape index (κ2) is 15.3. The highest BCUT2D eigenvalue weighted by Gasteiger charge is 2.17. The van der Waals surface area contributed by atoms with Crippen LogP contribution in [0.25, 0.3) is 0 Å². The Bertz CT molecular complexity index is 931. The second-order valence-corrected chi connectivity index (χ2v) is 7.48. The number of hydrogen-bond acceptors (Lipinski definition) is 6. The van der Waals surface area contributed by atoms with Crippen molar-refractivity contribution >= 4 is 11.8 Å². The van der Waals surface area contributed by atoms with E-state index in [0.29, 0.717) is 43.0 Å². The summed E-state index contributed by atoms with van der Waals surface area (Å²) in [6.45, 7) is 11.1. The van der Waals surface area contributed by atoms with Crippen molar-refractivity contribution in [2.45, 2.75) is 27.2 Å². The largest absolute Gasteiger partial charge is 0.491 e. The molecule has 34 heavy (non-hydrogen) atoms. The van der Waals surface area contributed by atoms with Crippen molar-refractivity contribution in [3.05, 3.63) is 76.7 Å². The van der Waals surface area contributed by atoms with Crippen LogP contribution in [0.4, 0.5) is 0 Å². The molecular formula is C26H38N4O4. The Hall–Kier alpha value is -3.52. The highest BCUT2D eigenvalue weighted by molar-refractivity contribution is 5.99. The fraction of sp³-hybridized carbons (Fsp3) is 0.385. The smallest absolute Gasteiger partial charge is 0.251 e. The number of nitrogens with two attached hydrogens (primary N) is 1. The molecule has 0 aliphatic rings. The first kappa shape index (κ1) is 28.5. The van der Waals surface area contributed by atoms with E-state index in [4.69, 9.17) is 15.2 Å². The Morgan fingerprint density at radius 2 is 1.79 bits per heavy atom. The van der Waals surface area contributed by atoms with E-state index >= 15 is 0 Å². The van der Waals surface area contributed by atoms with Crippen molar-refractivity contribution in [2.75, 3.05) is 40.5 Å². The molecule has 0 aromatic heterocycles. The Morgan fingerprint density at radius 1 is 1.12 bits per heavy atom. The van der Waals surface area contributed by atoms with Crippen LogP contribution in [0.3, 0.4) is 0 Å². The van der Waals surface area contributed by atoms with Crippen LogP contribution >= 0.6 is 0 Å². The first-order chi connectivity index (χ1) is 16.3. The summed E-state index contributed by atoms with van der Waals surface area (Å²) < 4.78 is 10.6. The van der Waals surface area contributed by atoms with Crippen molar-refractivity contribution < 1.29 is 19.1 Å². The quantitative estimate of drug-likeness (QED) is 0.178. The van der Waals surface area contributed by atoms with E-state index in [2.05, 4.69) is 22.5 Å². The molecule has 0 unspecified atom stereocenters. The molecule has 0 atom stereocenters. The molecule has 2 amide bonds. The van der Waals surface area contributed by atoms with Gasteiger partial charge in [-0.2, -0.15) is 0 Å². The molecule has 1 aromatic carbocycles. The monoisotopic (exact) mass is 470 g/mol. The Balaban J connectivity index is 3.16. The number of ether oxygens (including phenoxy) is 2. The minimum absolute atomic E-state index is 0.0175. The average Bonchev–Trinajstić information content (AvgIpc) is 2.83. The number of rotatable bonds is 15. The molecule has 0 fully saturated rings. The van der Waals surface area contributed by atoms with Crippen LogP contribution in [-0.2, 0) is 20.7 Å². The third-order valence-electron chi connectivity index (χ3n) is 5.20. The van der Waals surface area contributed by atoms with Crippen molar-refractivity contribution in [3.8, 4) is 5.75 Å². The summed E-state index contributed by atoms with van der Waals surface area (Å²) in [7, 11) is 3.32. The lowest BCUT2D eigenvalue weighted by Gasteiger charge is -2.15. The average molecular weight is 471 g/mol. The number of methoxy groups -OCH3 is 1. The summed E-state index contributed by atoms with van der Waals surface area (Å²) in [5.41, 5.74) is 9.43. The molecule has 0 aliphatic heterocycles. The maximum absolute atomic E-state index is 13.2. The molecule has 8 nitrogen and oxygen atoms in total. The topological polar surface area (TPSA) is 115 Å². The standard InChI is InChI=1S/C26H38N4O4/c1-7-24(29-8-2)18(3)22(26(32)30-17-23(25(27)31)19(4)28-5)14-11-20-9-12-21(13-10-20)34-16-15-33-6/h7,9-10,12-14,28-29H,1,8,11,15-17H2,2-6H3,(H2,27,31)(H,30,32)/b22-14+,23-19-,24-18+. The predicted molar refractivity (Wildman–Crippen MR) is 136 cm³/mol. The van der Waals surface area contributed by atoms with Crippen LogP contribution in [0.2, 0.25) is 0 Å². The van der Waals surface area contributed by atoms with Gasteiger partial charge >= 0.3 is 0 Å². The number of likely N-dealkylation sites (N-methyl/N-ethyl adjacent to an activating group) is 1. The fourth-order valence-corrected chi connectivity index (χ4v) is 3.11. The van der Waals surface area contributed by atoms with E-state index in [-0.39, 0.29) is 12.5 Å². The van der Waals surface area contributed by atoms with Crippen molar-refractivity contribution in [2.24, 2.45) is 5.73 Å². The summed E-state index contributed by atoms with van der Waals surface area (Å²) in [6, 6.07) is 7.69. The minimum atomic E-state index is -0.586. The maximum atomic E-state index is 13.2. The molecular weight excluding hydrogens is 432 g/mol. The van der Waals surface area contributed by atoms with Gasteiger partial charge < -0.3 is 31.2 Å². The molecule has 186 valence electrons. The van der Waals surface area contributed by atoms with E-state index in [1.807, 2.05) is 44.2 Å². The number of carbonyl (C=O) groups excluding carboxylic acids is 2. The summed E-state index contributed by atoms with van der Waals surface area (Å²) in [5.74, 6) is -0.139. The van der Waals surface area contributed by atoms with Crippen LogP contribution in [-0.4, -0.2) is 52.3 Å². The SMILES string of the molecule is C=C/C(NCC)=C(C)\C(=C/Cc1ccc(OCCOC)cc1)C(=O)NC/C(C(N)=O)=C(\C)NC. The fourth-order valence-electron chi connectivity index (χ4n) is 3.11. The van der Waals surface area contributed by atoms with Gasteiger partial charge in [-0.15, -0.1) is 0 Å². The third-order valence-corrected chi connectivity index (χ3v) is 5.20. The van der Waals surface area contributed by atoms with E-state index in [1.165, 1.54) is 0 Å². The van der Waals surface area contributed by atoms with Gasteiger partial charge in [-0.05, 0) is 56.5 Å². The van der Waals surface area contributed by atoms with Crippen molar-refractivity contribution in [1.29, 1.82) is 0 Å². The van der Waals surface area contributed by atoms with Crippen LogP contribution < -0.4 is 26.4 Å². The van der Waals surface area contributed by atoms with Crippen molar-refractivity contribution in [1.82, 2.24) is 16.0 Å². The predicted octanol–water partition coefficient (Wildman–Crippen LogP) is 2.35. The number of amides is 2. The van der Waals surface area contributed by atoms with Crippen LogP contribution in [0.5, 0.6) is 5.75 Å². The minimum Gasteiger partial charge on any atom is -0.491 e. The van der Waals surface area contributed by atoms with E-state index in [1.54, 1.807) is 27.2 Å². The zero-order chi connectivity index (χ0) is 25.5. The molecule has 1 rings (SSSR count). The molecule has 0 bridgehead atoms. The maximum Gasteiger partial charge on any atom is 0.251 e. The summed E-state index contributed by atoms with van der Waals surface area (Å²) in [4.78, 5) is 25.0. The molecule has 0 heterocycles. The zero-order valence-corrected chi connectivity index (χ0v) is 20.9. The number of nitrogens with one attached hydrogen (secondary N) is 3. The zero-order valence-electron chi connectivity index (χ0n) is 20.9. The molecule has 0 saturated carbocycles. The molecule has 5 N–H and O–H groups in total. The van der Waals surface area contributed by atoms with Gasteiger partial charge in [0.15, 0.2) is 0 Å². The van der Waals surface area contributed by atoms with Gasteiger partial charge in [0.2, 0.25) is 5.91 Å². The van der Waals surface area contributed by atoms with Crippen LogP contribution in [0.15, 0.2) is 71.1 Å². The lowest BCUT2D eigenvalue weighted by Crippen LogP contribution is -2.33.